The van der Waals surface area contributed by atoms with Gasteiger partial charge in [-0.2, -0.15) is 5.10 Å². The molecule has 3 aromatic heterocycles. The lowest BCUT2D eigenvalue weighted by molar-refractivity contribution is 0.0698. The summed E-state index contributed by atoms with van der Waals surface area (Å²) in [6, 6.07) is 2.74. The number of hydrogen-bond donors (Lipinski definition) is 3. The van der Waals surface area contributed by atoms with Crippen LogP contribution in [-0.4, -0.2) is 42.8 Å². The molecule has 0 amide bonds. The quantitative estimate of drug-likeness (QED) is 0.459. The van der Waals surface area contributed by atoms with Crippen molar-refractivity contribution in [1.82, 2.24) is 19.6 Å². The smallest absolute Gasteiger partial charge is 0.341 e. The Kier molecular flexibility index (Phi) is 9.90. The van der Waals surface area contributed by atoms with Gasteiger partial charge in [-0.3, -0.25) is 0 Å². The molecular weight excluding hydrogens is 486 g/mol. The summed E-state index contributed by atoms with van der Waals surface area (Å²) in [7, 11) is 0. The van der Waals surface area contributed by atoms with E-state index < -0.39 is 17.8 Å². The Morgan fingerprint density at radius 1 is 1.34 bits per heavy atom. The van der Waals surface area contributed by atoms with E-state index in [0.717, 1.165) is 25.5 Å². The maximum Gasteiger partial charge on any atom is 0.341 e. The predicted molar refractivity (Wildman–Crippen MR) is 124 cm³/mol. The van der Waals surface area contributed by atoms with Gasteiger partial charge >= 0.3 is 5.97 Å². The van der Waals surface area contributed by atoms with Gasteiger partial charge in [-0.1, -0.05) is 0 Å². The Hall–Kier alpha value is -2.40. The Balaban J connectivity index is 0.00000171. The standard InChI is InChI=1S/C19H21FN6O3.3ClH/c1-10(24-16-4-5-26-17(25-16)15(9-23-26)19(27)28)14-6-11(20)8-22-18(14)29-13-3-2-12(21)7-13;;;/h4-6,8-10,12-13H,2-3,7,21H2,1H3,(H,24,25)(H,27,28);3*1H/t10-,12?,13?;;;/m1.../s1. The zero-order valence-corrected chi connectivity index (χ0v) is 19.4. The first kappa shape index (κ1) is 27.6. The zero-order chi connectivity index (χ0) is 20.5. The van der Waals surface area contributed by atoms with E-state index in [1.54, 1.807) is 12.3 Å². The van der Waals surface area contributed by atoms with Crippen LogP contribution in [-0.2, 0) is 0 Å². The number of hydrogen-bond acceptors (Lipinski definition) is 7. The molecule has 176 valence electrons. The van der Waals surface area contributed by atoms with E-state index in [0.29, 0.717) is 17.3 Å². The third-order valence-corrected chi connectivity index (χ3v) is 4.98. The molecule has 0 radical (unpaired) electrons. The number of pyridine rings is 1. The predicted octanol–water partition coefficient (Wildman–Crippen LogP) is 3.66. The maximum absolute atomic E-state index is 13.9. The number of nitrogens with zero attached hydrogens (tertiary/aromatic N) is 4. The summed E-state index contributed by atoms with van der Waals surface area (Å²) < 4.78 is 21.2. The van der Waals surface area contributed by atoms with Crippen molar-refractivity contribution >= 4 is 54.7 Å². The summed E-state index contributed by atoms with van der Waals surface area (Å²) in [5, 5.41) is 16.4. The lowest BCUT2D eigenvalue weighted by atomic mass is 10.1. The van der Waals surface area contributed by atoms with E-state index in [1.807, 2.05) is 6.92 Å². The average molecular weight is 510 g/mol. The third kappa shape index (κ3) is 5.89. The number of carboxylic acid groups (broad SMARTS) is 1. The van der Waals surface area contributed by atoms with Gasteiger partial charge in [0.05, 0.1) is 18.4 Å². The van der Waals surface area contributed by atoms with Gasteiger partial charge in [-0.15, -0.1) is 37.2 Å². The van der Waals surface area contributed by atoms with E-state index >= 15 is 0 Å². The minimum Gasteiger partial charge on any atom is -0.477 e. The van der Waals surface area contributed by atoms with Crippen LogP contribution in [0, 0.1) is 5.82 Å². The van der Waals surface area contributed by atoms with Crippen LogP contribution in [0.3, 0.4) is 0 Å². The van der Waals surface area contributed by atoms with Crippen molar-refractivity contribution in [2.24, 2.45) is 5.73 Å². The number of nitrogens with one attached hydrogen (secondary N) is 1. The van der Waals surface area contributed by atoms with Crippen molar-refractivity contribution in [3.63, 3.8) is 0 Å². The molecule has 0 aliphatic heterocycles. The van der Waals surface area contributed by atoms with E-state index in [-0.39, 0.29) is 60.6 Å². The van der Waals surface area contributed by atoms with Gasteiger partial charge in [0.25, 0.3) is 0 Å². The second-order valence-corrected chi connectivity index (χ2v) is 7.17. The monoisotopic (exact) mass is 508 g/mol. The number of carboxylic acids is 1. The summed E-state index contributed by atoms with van der Waals surface area (Å²) in [5.74, 6) is -0.817. The number of anilines is 1. The molecule has 1 aliphatic rings. The average Bonchev–Trinajstić information content (AvgIpc) is 3.28. The van der Waals surface area contributed by atoms with E-state index in [2.05, 4.69) is 20.4 Å². The first-order chi connectivity index (χ1) is 13.9. The van der Waals surface area contributed by atoms with Crippen molar-refractivity contribution in [3.05, 3.63) is 47.7 Å². The van der Waals surface area contributed by atoms with Gasteiger partial charge in [-0.05, 0) is 38.3 Å². The minimum absolute atomic E-state index is 0. The first-order valence-corrected chi connectivity index (χ1v) is 9.32. The molecule has 0 aromatic carbocycles. The summed E-state index contributed by atoms with van der Waals surface area (Å²) in [4.78, 5) is 19.8. The van der Waals surface area contributed by atoms with Crippen molar-refractivity contribution < 1.29 is 19.0 Å². The Labute approximate surface area is 202 Å². The molecule has 3 atom stereocenters. The van der Waals surface area contributed by atoms with Crippen LogP contribution in [0.25, 0.3) is 5.65 Å². The summed E-state index contributed by atoms with van der Waals surface area (Å²) in [5.41, 5.74) is 6.69. The number of carbonyl (C=O) groups is 1. The first-order valence-electron chi connectivity index (χ1n) is 9.32. The van der Waals surface area contributed by atoms with Gasteiger partial charge < -0.3 is 20.9 Å². The molecule has 0 spiro atoms. The Morgan fingerprint density at radius 3 is 2.75 bits per heavy atom. The summed E-state index contributed by atoms with van der Waals surface area (Å²) in [6.07, 6.45) is 6.37. The van der Waals surface area contributed by atoms with E-state index in [9.17, 15) is 14.3 Å². The van der Waals surface area contributed by atoms with Gasteiger partial charge in [0.2, 0.25) is 5.88 Å². The molecule has 1 aliphatic carbocycles. The highest BCUT2D eigenvalue weighted by molar-refractivity contribution is 5.94. The van der Waals surface area contributed by atoms with Crippen molar-refractivity contribution in [1.29, 1.82) is 0 Å². The van der Waals surface area contributed by atoms with E-state index in [4.69, 9.17) is 10.5 Å². The largest absolute Gasteiger partial charge is 0.477 e. The van der Waals surface area contributed by atoms with Crippen LogP contribution >= 0.6 is 37.2 Å². The number of fused-ring (bicyclic) bond motifs is 1. The van der Waals surface area contributed by atoms with Crippen LogP contribution in [0.1, 0.15) is 48.1 Å². The van der Waals surface area contributed by atoms with Crippen molar-refractivity contribution in [2.75, 3.05) is 5.32 Å². The fourth-order valence-electron chi connectivity index (χ4n) is 3.49. The molecule has 4 rings (SSSR count). The van der Waals surface area contributed by atoms with E-state index in [1.165, 1.54) is 16.8 Å². The van der Waals surface area contributed by atoms with Crippen molar-refractivity contribution in [3.8, 4) is 5.88 Å². The number of nitrogens with two attached hydrogens (primary N) is 1. The number of rotatable bonds is 6. The normalized spacial score (nSPS) is 18.1. The number of ether oxygens (including phenoxy) is 1. The lowest BCUT2D eigenvalue weighted by Gasteiger charge is -2.20. The number of aromatic carboxylic acids is 1. The number of aromatic nitrogens is 4. The van der Waals surface area contributed by atoms with Gasteiger partial charge in [0, 0.05) is 17.8 Å². The molecule has 13 heteroatoms. The van der Waals surface area contributed by atoms with Crippen LogP contribution in [0.15, 0.2) is 30.7 Å². The molecule has 3 aromatic rings. The zero-order valence-electron chi connectivity index (χ0n) is 17.0. The second-order valence-electron chi connectivity index (χ2n) is 7.17. The lowest BCUT2D eigenvalue weighted by Crippen LogP contribution is -2.20. The highest BCUT2D eigenvalue weighted by Crippen LogP contribution is 2.30. The van der Waals surface area contributed by atoms with Gasteiger partial charge in [0.1, 0.15) is 23.3 Å². The van der Waals surface area contributed by atoms with Crippen LogP contribution in [0.2, 0.25) is 0 Å². The molecule has 3 heterocycles. The molecule has 9 nitrogen and oxygen atoms in total. The summed E-state index contributed by atoms with van der Waals surface area (Å²) in [6.45, 7) is 1.82. The summed E-state index contributed by atoms with van der Waals surface area (Å²) >= 11 is 0. The fraction of sp³-hybridized carbons (Fsp3) is 0.368. The van der Waals surface area contributed by atoms with Gasteiger partial charge in [0.15, 0.2) is 5.65 Å². The second kappa shape index (κ2) is 11.5. The molecule has 1 saturated carbocycles. The Bertz CT molecular complexity index is 1070. The number of halogens is 4. The topological polar surface area (TPSA) is 128 Å². The molecule has 1 fully saturated rings. The van der Waals surface area contributed by atoms with Crippen molar-refractivity contribution in [2.45, 2.75) is 44.4 Å². The molecule has 0 bridgehead atoms. The highest BCUT2D eigenvalue weighted by atomic mass is 35.5. The molecule has 32 heavy (non-hydrogen) atoms. The fourth-order valence-corrected chi connectivity index (χ4v) is 3.49. The Morgan fingerprint density at radius 2 is 2.09 bits per heavy atom. The van der Waals surface area contributed by atoms with Gasteiger partial charge in [-0.25, -0.2) is 23.7 Å². The highest BCUT2D eigenvalue weighted by Gasteiger charge is 2.26. The third-order valence-electron chi connectivity index (χ3n) is 4.98. The van der Waals surface area contributed by atoms with Crippen LogP contribution < -0.4 is 15.8 Å². The SMILES string of the molecule is C[C@@H](Nc1ccn2ncc(C(=O)O)c2n1)c1cc(F)cnc1OC1CCC(N)C1.Cl.Cl.Cl. The maximum atomic E-state index is 13.9. The molecule has 2 unspecified atom stereocenters. The van der Waals surface area contributed by atoms with Crippen LogP contribution in [0.4, 0.5) is 10.2 Å². The molecule has 0 saturated heterocycles. The minimum atomic E-state index is -1.11. The molecular formula is C19H24Cl3FN6O3. The van der Waals surface area contributed by atoms with Crippen LogP contribution in [0.5, 0.6) is 5.88 Å². The molecule has 4 N–H and O–H groups in total.